The van der Waals surface area contributed by atoms with Gasteiger partial charge in [-0.05, 0) is 104 Å². The summed E-state index contributed by atoms with van der Waals surface area (Å²) in [5.74, 6) is 1.97. The lowest BCUT2D eigenvalue weighted by atomic mass is 9.96. The van der Waals surface area contributed by atoms with Gasteiger partial charge in [-0.1, -0.05) is 85.9 Å². The van der Waals surface area contributed by atoms with Gasteiger partial charge in [0.05, 0.1) is 10.6 Å². The smallest absolute Gasteiger partial charge is 0.341 e. The molecule has 0 atom stereocenters. The molecule has 0 radical (unpaired) electrons. The van der Waals surface area contributed by atoms with Crippen molar-refractivity contribution < 1.29 is 24.1 Å². The molecule has 1 N–H and O–H groups in total. The van der Waals surface area contributed by atoms with Crippen LogP contribution in [0.15, 0.2) is 150 Å². The molecule has 0 spiro atoms. The van der Waals surface area contributed by atoms with E-state index in [4.69, 9.17) is 24.3 Å². The third-order valence-electron chi connectivity index (χ3n) is 8.72. The topological polar surface area (TPSA) is 77.9 Å². The number of carbonyl (C=O) groups is 1. The van der Waals surface area contributed by atoms with E-state index in [1.54, 1.807) is 23.5 Å². The molecule has 2 aliphatic carbocycles. The van der Waals surface area contributed by atoms with Gasteiger partial charge in [0.25, 0.3) is 0 Å². The lowest BCUT2D eigenvalue weighted by molar-refractivity contribution is -0.139. The van der Waals surface area contributed by atoms with Gasteiger partial charge in [-0.25, -0.2) is 9.78 Å². The van der Waals surface area contributed by atoms with Crippen LogP contribution in [0.25, 0.3) is 21.7 Å². The van der Waals surface area contributed by atoms with Crippen molar-refractivity contribution in [2.24, 2.45) is 0 Å². The Bertz CT molecular complexity index is 2190. The van der Waals surface area contributed by atoms with Crippen LogP contribution in [0.1, 0.15) is 47.9 Å². The Morgan fingerprint density at radius 1 is 0.865 bits per heavy atom. The van der Waals surface area contributed by atoms with Crippen molar-refractivity contribution in [1.29, 1.82) is 0 Å². The number of aromatic nitrogens is 1. The van der Waals surface area contributed by atoms with Gasteiger partial charge in [-0.3, -0.25) is 0 Å². The average Bonchev–Trinajstić information content (AvgIpc) is 3.30. The second-order valence-corrected chi connectivity index (χ2v) is 13.6. The van der Waals surface area contributed by atoms with Gasteiger partial charge < -0.3 is 19.3 Å². The SMILES string of the molecule is CC/C(C)=C(/Oc1ccc(-c2nc(COc3ccc(OCC(=O)O)c(C)c3)sc2-c2ccc(C3C=CC=CC=C3)cc2)cc1C)C1=CC=CC=C=C1. The standard InChI is InChI=1S/C45H41NO5S/c1-5-30(2)44(35-16-12-8-9-13-17-35)51-40-24-22-37(26-31(40)3)43-45(36-20-18-34(19-21-36)33-14-10-6-7-11-15-33)52-41(46-43)28-49-38-23-25-39(32(4)27-38)50-29-42(47)48/h6-12,14-27,33H,5,28-29H2,1-4H3,(H,47,48)/b44-30+. The molecular formula is C45H41NO5S. The van der Waals surface area contributed by atoms with Crippen LogP contribution in [0, 0.1) is 13.8 Å². The maximum absolute atomic E-state index is 11.0. The Kier molecular flexibility index (Phi) is 11.7. The predicted octanol–water partition coefficient (Wildman–Crippen LogP) is 11.2. The number of hydrogen-bond acceptors (Lipinski definition) is 6. The molecule has 0 saturated carbocycles. The van der Waals surface area contributed by atoms with E-state index < -0.39 is 12.6 Å². The number of hydrogen-bond donors (Lipinski definition) is 1. The predicted molar refractivity (Wildman–Crippen MR) is 210 cm³/mol. The molecule has 7 heteroatoms. The molecule has 0 bridgehead atoms. The number of allylic oxidation sites excluding steroid dienone is 11. The molecule has 262 valence electrons. The number of thiazole rings is 1. The molecule has 3 aromatic carbocycles. The van der Waals surface area contributed by atoms with E-state index in [1.807, 2.05) is 61.6 Å². The fraction of sp³-hybridized carbons (Fsp3) is 0.178. The fourth-order valence-electron chi connectivity index (χ4n) is 5.79. The van der Waals surface area contributed by atoms with Crippen molar-refractivity contribution in [2.75, 3.05) is 6.61 Å². The van der Waals surface area contributed by atoms with Gasteiger partial charge in [-0.15, -0.1) is 17.1 Å². The number of benzene rings is 3. The van der Waals surface area contributed by atoms with Crippen molar-refractivity contribution in [3.63, 3.8) is 0 Å². The lowest BCUT2D eigenvalue weighted by Crippen LogP contribution is -2.10. The van der Waals surface area contributed by atoms with Crippen LogP contribution < -0.4 is 14.2 Å². The molecule has 2 aliphatic rings. The highest BCUT2D eigenvalue weighted by Crippen LogP contribution is 2.40. The summed E-state index contributed by atoms with van der Waals surface area (Å²) in [5, 5.41) is 9.80. The summed E-state index contributed by atoms with van der Waals surface area (Å²) in [6.07, 6.45) is 23.4. The zero-order valence-electron chi connectivity index (χ0n) is 29.8. The van der Waals surface area contributed by atoms with Crippen molar-refractivity contribution in [3.8, 4) is 38.9 Å². The van der Waals surface area contributed by atoms with Crippen LogP contribution >= 0.6 is 11.3 Å². The summed E-state index contributed by atoms with van der Waals surface area (Å²) in [6, 6.07) is 20.3. The molecule has 0 aliphatic heterocycles. The molecule has 6 nitrogen and oxygen atoms in total. The minimum absolute atomic E-state index is 0.208. The number of carboxylic acid groups (broad SMARTS) is 1. The molecular weight excluding hydrogens is 667 g/mol. The molecule has 52 heavy (non-hydrogen) atoms. The fourth-order valence-corrected chi connectivity index (χ4v) is 6.79. The van der Waals surface area contributed by atoms with E-state index >= 15 is 0 Å². The van der Waals surface area contributed by atoms with E-state index in [0.29, 0.717) is 11.5 Å². The third kappa shape index (κ3) is 8.88. The zero-order chi connectivity index (χ0) is 36.5. The largest absolute Gasteiger partial charge is 0.486 e. The Morgan fingerprint density at radius 3 is 2.31 bits per heavy atom. The van der Waals surface area contributed by atoms with Crippen LogP contribution in [0.2, 0.25) is 0 Å². The molecule has 0 fully saturated rings. The summed E-state index contributed by atoms with van der Waals surface area (Å²) in [4.78, 5) is 17.1. The highest BCUT2D eigenvalue weighted by molar-refractivity contribution is 7.15. The van der Waals surface area contributed by atoms with Gasteiger partial charge in [0.2, 0.25) is 0 Å². The van der Waals surface area contributed by atoms with Gasteiger partial charge in [0, 0.05) is 17.1 Å². The van der Waals surface area contributed by atoms with E-state index in [2.05, 4.69) is 87.2 Å². The molecule has 1 aromatic heterocycles. The van der Waals surface area contributed by atoms with Gasteiger partial charge in [0.15, 0.2) is 6.61 Å². The van der Waals surface area contributed by atoms with Gasteiger partial charge in [0.1, 0.15) is 34.6 Å². The second-order valence-electron chi connectivity index (χ2n) is 12.5. The summed E-state index contributed by atoms with van der Waals surface area (Å²) in [7, 11) is 0. The minimum Gasteiger partial charge on any atom is -0.486 e. The first-order chi connectivity index (χ1) is 25.3. The first kappa shape index (κ1) is 35.9. The quantitative estimate of drug-likeness (QED) is 0.110. The first-order valence-corrected chi connectivity index (χ1v) is 18.1. The maximum Gasteiger partial charge on any atom is 0.341 e. The normalized spacial score (nSPS) is 14.1. The Labute approximate surface area is 309 Å². The second kappa shape index (κ2) is 16.9. The molecule has 0 saturated heterocycles. The van der Waals surface area contributed by atoms with Crippen LogP contribution in [0.3, 0.4) is 0 Å². The zero-order valence-corrected chi connectivity index (χ0v) is 30.6. The lowest BCUT2D eigenvalue weighted by Gasteiger charge is -2.16. The number of nitrogens with zero attached hydrogens (tertiary/aromatic N) is 1. The summed E-state index contributed by atoms with van der Waals surface area (Å²) in [6.45, 7) is 8.03. The molecule has 1 heterocycles. The van der Waals surface area contributed by atoms with Gasteiger partial charge in [-0.2, -0.15) is 0 Å². The van der Waals surface area contributed by atoms with Crippen LogP contribution in [0.5, 0.6) is 17.2 Å². The van der Waals surface area contributed by atoms with Gasteiger partial charge >= 0.3 is 5.97 Å². The van der Waals surface area contributed by atoms with Crippen LogP contribution in [-0.2, 0) is 11.4 Å². The highest BCUT2D eigenvalue weighted by atomic mass is 32.1. The molecule has 4 aromatic rings. The Morgan fingerprint density at radius 2 is 1.60 bits per heavy atom. The summed E-state index contributed by atoms with van der Waals surface area (Å²) >= 11 is 1.61. The van der Waals surface area contributed by atoms with E-state index in [9.17, 15) is 4.79 Å². The monoisotopic (exact) mass is 707 g/mol. The van der Waals surface area contributed by atoms with Crippen molar-refractivity contribution in [1.82, 2.24) is 4.98 Å². The molecule has 6 rings (SSSR count). The van der Waals surface area contributed by atoms with E-state index in [0.717, 1.165) is 66.9 Å². The third-order valence-corrected chi connectivity index (χ3v) is 9.80. The number of ether oxygens (including phenoxy) is 3. The summed E-state index contributed by atoms with van der Waals surface area (Å²) < 4.78 is 18.2. The average molecular weight is 708 g/mol. The number of rotatable bonds is 13. The van der Waals surface area contributed by atoms with Crippen molar-refractivity contribution in [3.05, 3.63) is 172 Å². The summed E-state index contributed by atoms with van der Waals surface area (Å²) in [5.41, 5.74) is 11.3. The number of carboxylic acids is 1. The number of aryl methyl sites for hydroxylation is 2. The highest BCUT2D eigenvalue weighted by Gasteiger charge is 2.19. The van der Waals surface area contributed by atoms with Crippen molar-refractivity contribution in [2.45, 2.75) is 46.6 Å². The maximum atomic E-state index is 11.0. The first-order valence-electron chi connectivity index (χ1n) is 17.3. The molecule has 0 unspecified atom stereocenters. The Hall–Kier alpha value is -5.88. The Balaban J connectivity index is 1.31. The number of aliphatic carboxylic acids is 1. The van der Waals surface area contributed by atoms with Crippen LogP contribution in [-0.4, -0.2) is 22.7 Å². The van der Waals surface area contributed by atoms with Crippen LogP contribution in [0.4, 0.5) is 0 Å². The van der Waals surface area contributed by atoms with Crippen molar-refractivity contribution >= 4 is 17.3 Å². The van der Waals surface area contributed by atoms with E-state index in [1.165, 1.54) is 5.56 Å². The minimum atomic E-state index is -1.02. The van der Waals surface area contributed by atoms with E-state index in [-0.39, 0.29) is 12.5 Å². The molecule has 0 amide bonds.